The van der Waals surface area contributed by atoms with E-state index in [1.807, 2.05) is 25.5 Å². The second-order valence-electron chi connectivity index (χ2n) is 3.31. The fourth-order valence-corrected chi connectivity index (χ4v) is 1.21. The van der Waals surface area contributed by atoms with Gasteiger partial charge in [-0.15, -0.1) is 0 Å². The smallest absolute Gasteiger partial charge is 0.0825 e. The van der Waals surface area contributed by atoms with Gasteiger partial charge in [0.05, 0.1) is 29.7 Å². The summed E-state index contributed by atoms with van der Waals surface area (Å²) in [7, 11) is 1.69. The van der Waals surface area contributed by atoms with Crippen molar-refractivity contribution in [2.24, 2.45) is 0 Å². The number of ether oxygens (including phenoxy) is 1. The quantitative estimate of drug-likeness (QED) is 0.764. The van der Waals surface area contributed by atoms with Gasteiger partial charge in [-0.05, 0) is 20.8 Å². The molecule has 13 heavy (non-hydrogen) atoms. The average Bonchev–Trinajstić information content (AvgIpc) is 2.34. The van der Waals surface area contributed by atoms with Crippen LogP contribution in [-0.2, 0) is 11.3 Å². The number of aromatic nitrogens is 2. The number of methoxy groups -OCH3 is 1. The molecule has 1 heterocycles. The SMILES string of the molecule is COC(C)Cn1nc(C)c(N)c1C. The first-order valence-electron chi connectivity index (χ1n) is 4.38. The summed E-state index contributed by atoms with van der Waals surface area (Å²) in [6.45, 7) is 6.64. The Labute approximate surface area is 78.7 Å². The molecule has 0 aliphatic heterocycles. The van der Waals surface area contributed by atoms with Crippen LogP contribution in [0, 0.1) is 13.8 Å². The molecule has 2 N–H and O–H groups in total. The van der Waals surface area contributed by atoms with E-state index >= 15 is 0 Å². The number of nitrogen functional groups attached to an aromatic ring is 1. The van der Waals surface area contributed by atoms with Crippen molar-refractivity contribution in [2.75, 3.05) is 12.8 Å². The van der Waals surface area contributed by atoms with E-state index in [9.17, 15) is 0 Å². The van der Waals surface area contributed by atoms with Gasteiger partial charge in [-0.2, -0.15) is 5.10 Å². The highest BCUT2D eigenvalue weighted by atomic mass is 16.5. The van der Waals surface area contributed by atoms with Gasteiger partial charge >= 0.3 is 0 Å². The predicted octanol–water partition coefficient (Wildman–Crippen LogP) is 1.12. The van der Waals surface area contributed by atoms with Gasteiger partial charge in [0.1, 0.15) is 0 Å². The average molecular weight is 183 g/mol. The second kappa shape index (κ2) is 3.79. The van der Waals surface area contributed by atoms with E-state index in [2.05, 4.69) is 5.10 Å². The maximum absolute atomic E-state index is 5.80. The van der Waals surface area contributed by atoms with Gasteiger partial charge < -0.3 is 10.5 Å². The van der Waals surface area contributed by atoms with Gasteiger partial charge in [0, 0.05) is 7.11 Å². The Morgan fingerprint density at radius 1 is 1.54 bits per heavy atom. The Kier molecular flexibility index (Phi) is 2.93. The Balaban J connectivity index is 2.83. The first kappa shape index (κ1) is 10.1. The van der Waals surface area contributed by atoms with Crippen LogP contribution in [0.5, 0.6) is 0 Å². The van der Waals surface area contributed by atoms with Crippen LogP contribution in [0.4, 0.5) is 5.69 Å². The number of rotatable bonds is 3. The number of hydrogen-bond donors (Lipinski definition) is 1. The molecule has 1 atom stereocenters. The van der Waals surface area contributed by atoms with Crippen molar-refractivity contribution < 1.29 is 4.74 Å². The molecule has 0 aliphatic carbocycles. The molecular formula is C9H17N3O. The molecule has 0 aromatic carbocycles. The van der Waals surface area contributed by atoms with Gasteiger partial charge in [0.2, 0.25) is 0 Å². The fourth-order valence-electron chi connectivity index (χ4n) is 1.21. The summed E-state index contributed by atoms with van der Waals surface area (Å²) in [6.07, 6.45) is 0.164. The Bertz CT molecular complexity index is 293. The highest BCUT2D eigenvalue weighted by Crippen LogP contribution is 2.15. The van der Waals surface area contributed by atoms with E-state index in [0.717, 1.165) is 23.6 Å². The highest BCUT2D eigenvalue weighted by Gasteiger charge is 2.09. The van der Waals surface area contributed by atoms with Crippen LogP contribution in [0.25, 0.3) is 0 Å². The maximum Gasteiger partial charge on any atom is 0.0825 e. The standard InChI is InChI=1S/C9H17N3O/c1-6(13-4)5-12-8(3)9(10)7(2)11-12/h6H,5,10H2,1-4H3. The third kappa shape index (κ3) is 2.01. The molecule has 0 fully saturated rings. The van der Waals surface area contributed by atoms with E-state index in [4.69, 9.17) is 10.5 Å². The van der Waals surface area contributed by atoms with Gasteiger partial charge in [0.15, 0.2) is 0 Å². The van der Waals surface area contributed by atoms with Gasteiger partial charge in [0.25, 0.3) is 0 Å². The van der Waals surface area contributed by atoms with Gasteiger partial charge in [-0.1, -0.05) is 0 Å². The molecule has 0 saturated carbocycles. The summed E-state index contributed by atoms with van der Waals surface area (Å²) < 4.78 is 7.04. The van der Waals surface area contributed by atoms with E-state index in [0.29, 0.717) is 0 Å². The molecule has 4 nitrogen and oxygen atoms in total. The minimum Gasteiger partial charge on any atom is -0.396 e. The van der Waals surface area contributed by atoms with Crippen molar-refractivity contribution in [3.8, 4) is 0 Å². The van der Waals surface area contributed by atoms with E-state index < -0.39 is 0 Å². The molecule has 0 spiro atoms. The lowest BCUT2D eigenvalue weighted by Gasteiger charge is -2.10. The lowest BCUT2D eigenvalue weighted by atomic mass is 10.3. The Hall–Kier alpha value is -1.03. The summed E-state index contributed by atoms with van der Waals surface area (Å²) >= 11 is 0. The van der Waals surface area contributed by atoms with Crippen molar-refractivity contribution in [3.05, 3.63) is 11.4 Å². The van der Waals surface area contributed by atoms with Crippen molar-refractivity contribution in [1.82, 2.24) is 9.78 Å². The van der Waals surface area contributed by atoms with Crippen molar-refractivity contribution in [1.29, 1.82) is 0 Å². The third-order valence-corrected chi connectivity index (χ3v) is 2.27. The third-order valence-electron chi connectivity index (χ3n) is 2.27. The highest BCUT2D eigenvalue weighted by molar-refractivity contribution is 5.46. The summed E-state index contributed by atoms with van der Waals surface area (Å²) in [4.78, 5) is 0. The summed E-state index contributed by atoms with van der Waals surface area (Å²) in [5.41, 5.74) is 8.48. The largest absolute Gasteiger partial charge is 0.396 e. The van der Waals surface area contributed by atoms with Crippen molar-refractivity contribution in [3.63, 3.8) is 0 Å². The van der Waals surface area contributed by atoms with Crippen molar-refractivity contribution >= 4 is 5.69 Å². The van der Waals surface area contributed by atoms with E-state index in [1.165, 1.54) is 0 Å². The monoisotopic (exact) mass is 183 g/mol. The summed E-state index contributed by atoms with van der Waals surface area (Å²) in [6, 6.07) is 0. The minimum atomic E-state index is 0.164. The number of nitrogens with zero attached hydrogens (tertiary/aromatic N) is 2. The topological polar surface area (TPSA) is 53.1 Å². The molecule has 0 aliphatic rings. The molecule has 0 saturated heterocycles. The Morgan fingerprint density at radius 2 is 2.15 bits per heavy atom. The Morgan fingerprint density at radius 3 is 2.54 bits per heavy atom. The van der Waals surface area contributed by atoms with Crippen LogP contribution >= 0.6 is 0 Å². The molecular weight excluding hydrogens is 166 g/mol. The van der Waals surface area contributed by atoms with Gasteiger partial charge in [-0.25, -0.2) is 0 Å². The van der Waals surface area contributed by atoms with Crippen LogP contribution in [0.15, 0.2) is 0 Å². The molecule has 1 unspecified atom stereocenters. The van der Waals surface area contributed by atoms with Crippen LogP contribution < -0.4 is 5.73 Å². The zero-order chi connectivity index (χ0) is 10.0. The molecule has 1 aromatic heterocycles. The van der Waals surface area contributed by atoms with Crippen LogP contribution in [0.2, 0.25) is 0 Å². The normalized spacial score (nSPS) is 13.2. The molecule has 0 amide bonds. The zero-order valence-corrected chi connectivity index (χ0v) is 8.66. The lowest BCUT2D eigenvalue weighted by molar-refractivity contribution is 0.0992. The van der Waals surface area contributed by atoms with E-state index in [-0.39, 0.29) is 6.10 Å². The molecule has 74 valence electrons. The van der Waals surface area contributed by atoms with Crippen LogP contribution in [0.1, 0.15) is 18.3 Å². The maximum atomic E-state index is 5.80. The molecule has 1 aromatic rings. The van der Waals surface area contributed by atoms with Crippen LogP contribution in [0.3, 0.4) is 0 Å². The lowest BCUT2D eigenvalue weighted by Crippen LogP contribution is -2.16. The first-order chi connectivity index (χ1) is 6.06. The number of aryl methyl sites for hydroxylation is 1. The van der Waals surface area contributed by atoms with Crippen molar-refractivity contribution in [2.45, 2.75) is 33.4 Å². The summed E-state index contributed by atoms with van der Waals surface area (Å²) in [5, 5.41) is 4.31. The minimum absolute atomic E-state index is 0.164. The van der Waals surface area contributed by atoms with E-state index in [1.54, 1.807) is 7.11 Å². The predicted molar refractivity (Wildman–Crippen MR) is 52.6 cm³/mol. The number of nitrogens with two attached hydrogens (primary N) is 1. The summed E-state index contributed by atoms with van der Waals surface area (Å²) in [5.74, 6) is 0. The van der Waals surface area contributed by atoms with Crippen LogP contribution in [-0.4, -0.2) is 23.0 Å². The number of anilines is 1. The molecule has 4 heteroatoms. The molecule has 0 bridgehead atoms. The first-order valence-corrected chi connectivity index (χ1v) is 4.38. The van der Waals surface area contributed by atoms with Gasteiger partial charge in [-0.3, -0.25) is 4.68 Å². The zero-order valence-electron chi connectivity index (χ0n) is 8.66. The molecule has 1 rings (SSSR count). The fraction of sp³-hybridized carbons (Fsp3) is 0.667. The molecule has 0 radical (unpaired) electrons. The number of hydrogen-bond acceptors (Lipinski definition) is 3. The second-order valence-corrected chi connectivity index (χ2v) is 3.31.